The maximum absolute atomic E-state index is 12.3. The monoisotopic (exact) mass is 518 g/mol. The second-order valence-electron chi connectivity index (χ2n) is 6.26. The predicted octanol–water partition coefficient (Wildman–Crippen LogP) is 7.65. The molecule has 0 N–H and O–H groups in total. The van der Waals surface area contributed by atoms with Crippen molar-refractivity contribution in [2.24, 2.45) is 0 Å². The molecule has 0 aliphatic rings. The zero-order valence-electron chi connectivity index (χ0n) is 15.1. The molecule has 142 valence electrons. The van der Waals surface area contributed by atoms with Crippen molar-refractivity contribution < 1.29 is 9.53 Å². The van der Waals surface area contributed by atoms with Gasteiger partial charge in [0.2, 0.25) is 0 Å². The summed E-state index contributed by atoms with van der Waals surface area (Å²) in [5.41, 5.74) is 3.58. The highest BCUT2D eigenvalue weighted by Gasteiger charge is 2.10. The number of benzene rings is 3. The maximum atomic E-state index is 12.3. The zero-order valence-corrected chi connectivity index (χ0v) is 19.0. The van der Waals surface area contributed by atoms with Crippen LogP contribution in [0.5, 0.6) is 5.75 Å². The van der Waals surface area contributed by atoms with E-state index in [9.17, 15) is 4.79 Å². The molecule has 0 unspecified atom stereocenters. The van der Waals surface area contributed by atoms with E-state index >= 15 is 0 Å². The molecule has 0 heterocycles. The molecule has 0 radical (unpaired) electrons. The predicted molar refractivity (Wildman–Crippen MR) is 122 cm³/mol. The molecule has 0 saturated heterocycles. The van der Waals surface area contributed by atoms with Crippen molar-refractivity contribution in [1.29, 1.82) is 0 Å². The summed E-state index contributed by atoms with van der Waals surface area (Å²) in [7, 11) is 0. The van der Waals surface area contributed by atoms with Crippen molar-refractivity contribution in [3.8, 4) is 5.75 Å². The first kappa shape index (κ1) is 20.8. The zero-order chi connectivity index (χ0) is 20.1. The molecule has 0 aromatic heterocycles. The van der Waals surface area contributed by atoms with Crippen LogP contribution in [0.25, 0.3) is 6.08 Å². The number of ether oxygens (including phenoxy) is 1. The van der Waals surface area contributed by atoms with Crippen LogP contribution in [0.4, 0.5) is 0 Å². The summed E-state index contributed by atoms with van der Waals surface area (Å²) in [6.45, 7) is 2.35. The van der Waals surface area contributed by atoms with Crippen LogP contribution in [0.2, 0.25) is 5.02 Å². The first-order chi connectivity index (χ1) is 13.4. The largest absolute Gasteiger partial charge is 0.486 e. The molecule has 0 bridgehead atoms. The lowest BCUT2D eigenvalue weighted by atomic mass is 10.1. The summed E-state index contributed by atoms with van der Waals surface area (Å²) in [6, 6.07) is 18.9. The third-order valence-electron chi connectivity index (χ3n) is 4.11. The van der Waals surface area contributed by atoms with Gasteiger partial charge >= 0.3 is 0 Å². The molecule has 3 rings (SSSR count). The van der Waals surface area contributed by atoms with Gasteiger partial charge in [0.1, 0.15) is 12.4 Å². The van der Waals surface area contributed by atoms with Gasteiger partial charge in [0.05, 0.1) is 8.95 Å². The average molecular weight is 521 g/mol. The molecule has 0 saturated carbocycles. The number of halogens is 3. The minimum atomic E-state index is -0.0358. The highest BCUT2D eigenvalue weighted by Crippen LogP contribution is 2.36. The third-order valence-corrected chi connectivity index (χ3v) is 5.66. The molecular formula is C23H17Br2ClO2. The molecule has 0 spiro atoms. The number of rotatable bonds is 6. The van der Waals surface area contributed by atoms with Gasteiger partial charge in [-0.25, -0.2) is 0 Å². The Morgan fingerprint density at radius 2 is 1.68 bits per heavy atom. The molecule has 0 aliphatic carbocycles. The Balaban J connectivity index is 1.73. The van der Waals surface area contributed by atoms with Crippen molar-refractivity contribution in [3.63, 3.8) is 0 Å². The van der Waals surface area contributed by atoms with Crippen LogP contribution < -0.4 is 4.74 Å². The Morgan fingerprint density at radius 1 is 1.04 bits per heavy atom. The Labute approximate surface area is 186 Å². The molecule has 2 nitrogen and oxygen atoms in total. The molecule has 3 aromatic rings. The van der Waals surface area contributed by atoms with Gasteiger partial charge in [0, 0.05) is 16.1 Å². The lowest BCUT2D eigenvalue weighted by Gasteiger charge is -2.12. The van der Waals surface area contributed by atoms with E-state index in [0.717, 1.165) is 25.6 Å². The van der Waals surface area contributed by atoms with E-state index in [0.29, 0.717) is 22.9 Å². The average Bonchev–Trinajstić information content (AvgIpc) is 2.67. The summed E-state index contributed by atoms with van der Waals surface area (Å²) in [5.74, 6) is 0.647. The molecule has 5 heteroatoms. The SMILES string of the molecule is Cc1ccc(C(=O)/C=C/c2cc(Br)c(OCc3ccccc3Cl)c(Br)c2)cc1. The number of aryl methyl sites for hydroxylation is 1. The molecule has 3 aromatic carbocycles. The van der Waals surface area contributed by atoms with Crippen LogP contribution in [0.15, 0.2) is 75.7 Å². The van der Waals surface area contributed by atoms with Crippen LogP contribution in [0.1, 0.15) is 27.0 Å². The third kappa shape index (κ3) is 5.34. The number of carbonyl (C=O) groups is 1. The second kappa shape index (κ2) is 9.55. The van der Waals surface area contributed by atoms with Gasteiger partial charge in [0.15, 0.2) is 5.78 Å². The second-order valence-corrected chi connectivity index (χ2v) is 8.37. The lowest BCUT2D eigenvalue weighted by molar-refractivity contribution is 0.104. The van der Waals surface area contributed by atoms with E-state index in [2.05, 4.69) is 31.9 Å². The first-order valence-corrected chi connectivity index (χ1v) is 10.5. The van der Waals surface area contributed by atoms with Crippen LogP contribution in [-0.2, 0) is 6.61 Å². The van der Waals surface area contributed by atoms with Gasteiger partial charge in [0.25, 0.3) is 0 Å². The molecule has 0 fully saturated rings. The summed E-state index contributed by atoms with van der Waals surface area (Å²) < 4.78 is 7.50. The van der Waals surface area contributed by atoms with Crippen molar-refractivity contribution in [3.05, 3.63) is 103 Å². The summed E-state index contributed by atoms with van der Waals surface area (Å²) in [5, 5.41) is 0.670. The van der Waals surface area contributed by atoms with E-state index in [-0.39, 0.29) is 5.78 Å². The van der Waals surface area contributed by atoms with Crippen LogP contribution in [0, 0.1) is 6.92 Å². The standard InChI is InChI=1S/C23H17Br2ClO2/c1-15-6-9-17(10-7-15)22(27)11-8-16-12-19(24)23(20(25)13-16)28-14-18-4-2-3-5-21(18)26/h2-13H,14H2,1H3/b11-8+. The number of hydrogen-bond acceptors (Lipinski definition) is 2. The van der Waals surface area contributed by atoms with Gasteiger partial charge in [-0.1, -0.05) is 65.7 Å². The van der Waals surface area contributed by atoms with E-state index in [4.69, 9.17) is 16.3 Å². The normalized spacial score (nSPS) is 11.0. The summed E-state index contributed by atoms with van der Waals surface area (Å²) in [4.78, 5) is 12.3. The number of hydrogen-bond donors (Lipinski definition) is 0. The van der Waals surface area contributed by atoms with Crippen molar-refractivity contribution in [2.45, 2.75) is 13.5 Å². The highest BCUT2D eigenvalue weighted by atomic mass is 79.9. The molecule has 0 amide bonds. The van der Waals surface area contributed by atoms with Gasteiger partial charge in [-0.15, -0.1) is 0 Å². The van der Waals surface area contributed by atoms with Crippen molar-refractivity contribution in [1.82, 2.24) is 0 Å². The lowest BCUT2D eigenvalue weighted by Crippen LogP contribution is -1.98. The minimum Gasteiger partial charge on any atom is -0.486 e. The minimum absolute atomic E-state index is 0.0358. The van der Waals surface area contributed by atoms with Gasteiger partial charge < -0.3 is 4.74 Å². The Morgan fingerprint density at radius 3 is 2.32 bits per heavy atom. The Bertz CT molecular complexity index is 1000. The van der Waals surface area contributed by atoms with Gasteiger partial charge in [-0.3, -0.25) is 4.79 Å². The molecular weight excluding hydrogens is 504 g/mol. The molecule has 0 aliphatic heterocycles. The van der Waals surface area contributed by atoms with E-state index < -0.39 is 0 Å². The quantitative estimate of drug-likeness (QED) is 0.247. The number of ketones is 1. The maximum Gasteiger partial charge on any atom is 0.185 e. The van der Waals surface area contributed by atoms with Crippen LogP contribution in [-0.4, -0.2) is 5.78 Å². The smallest absolute Gasteiger partial charge is 0.185 e. The number of carbonyl (C=O) groups excluding carboxylic acids is 1. The Kier molecular flexibility index (Phi) is 7.11. The highest BCUT2D eigenvalue weighted by molar-refractivity contribution is 9.11. The number of allylic oxidation sites excluding steroid dienone is 1. The first-order valence-electron chi connectivity index (χ1n) is 8.58. The van der Waals surface area contributed by atoms with Gasteiger partial charge in [-0.05, 0) is 68.6 Å². The van der Waals surface area contributed by atoms with E-state index in [1.807, 2.05) is 67.6 Å². The van der Waals surface area contributed by atoms with Crippen molar-refractivity contribution >= 4 is 55.3 Å². The van der Waals surface area contributed by atoms with Crippen LogP contribution >= 0.6 is 43.5 Å². The summed E-state index contributed by atoms with van der Waals surface area (Å²) >= 11 is 13.3. The topological polar surface area (TPSA) is 26.3 Å². The summed E-state index contributed by atoms with van der Waals surface area (Å²) in [6.07, 6.45) is 3.36. The fraction of sp³-hybridized carbons (Fsp3) is 0.0870. The molecule has 0 atom stereocenters. The fourth-order valence-electron chi connectivity index (χ4n) is 2.56. The van der Waals surface area contributed by atoms with Gasteiger partial charge in [-0.2, -0.15) is 0 Å². The van der Waals surface area contributed by atoms with Crippen molar-refractivity contribution in [2.75, 3.05) is 0 Å². The van der Waals surface area contributed by atoms with Crippen LogP contribution in [0.3, 0.4) is 0 Å². The fourth-order valence-corrected chi connectivity index (χ4v) is 4.21. The van der Waals surface area contributed by atoms with E-state index in [1.165, 1.54) is 0 Å². The molecule has 28 heavy (non-hydrogen) atoms. The van der Waals surface area contributed by atoms with E-state index in [1.54, 1.807) is 12.2 Å². The Hall–Kier alpha value is -1.88.